The summed E-state index contributed by atoms with van der Waals surface area (Å²) in [6.07, 6.45) is 4.72. The van der Waals surface area contributed by atoms with Crippen LogP contribution in [0, 0.1) is 5.92 Å². The molecule has 54 valence electrons. The Bertz CT molecular complexity index is 76.6. The SMILES string of the molecule is CCO[C@@H](C)C1CCC1. The van der Waals surface area contributed by atoms with Gasteiger partial charge in [0.25, 0.3) is 0 Å². The van der Waals surface area contributed by atoms with Gasteiger partial charge in [-0.1, -0.05) is 6.42 Å². The molecule has 0 bridgehead atoms. The van der Waals surface area contributed by atoms with E-state index >= 15 is 0 Å². The Morgan fingerprint density at radius 1 is 1.56 bits per heavy atom. The molecule has 0 radical (unpaired) electrons. The van der Waals surface area contributed by atoms with Crippen molar-refractivity contribution in [1.29, 1.82) is 0 Å². The Balaban J connectivity index is 2.08. The summed E-state index contributed by atoms with van der Waals surface area (Å²) in [6, 6.07) is 0. The highest BCUT2D eigenvalue weighted by Crippen LogP contribution is 2.30. The van der Waals surface area contributed by atoms with Crippen molar-refractivity contribution in [3.05, 3.63) is 0 Å². The number of rotatable bonds is 3. The minimum atomic E-state index is 0.517. The monoisotopic (exact) mass is 128 g/mol. The van der Waals surface area contributed by atoms with Crippen molar-refractivity contribution in [3.8, 4) is 0 Å². The molecule has 0 amide bonds. The summed E-state index contributed by atoms with van der Waals surface area (Å²) in [5, 5.41) is 0. The van der Waals surface area contributed by atoms with Crippen LogP contribution in [0.5, 0.6) is 0 Å². The molecule has 1 aliphatic rings. The van der Waals surface area contributed by atoms with Gasteiger partial charge < -0.3 is 4.74 Å². The Kier molecular flexibility index (Phi) is 2.52. The zero-order chi connectivity index (χ0) is 6.69. The molecule has 1 aliphatic carbocycles. The lowest BCUT2D eigenvalue weighted by atomic mass is 9.82. The third-order valence-electron chi connectivity index (χ3n) is 2.24. The average Bonchev–Trinajstić information content (AvgIpc) is 1.60. The van der Waals surface area contributed by atoms with Gasteiger partial charge in [0, 0.05) is 6.61 Å². The van der Waals surface area contributed by atoms with Crippen LogP contribution in [0.15, 0.2) is 0 Å². The maximum absolute atomic E-state index is 5.45. The van der Waals surface area contributed by atoms with Gasteiger partial charge in [0.2, 0.25) is 0 Å². The lowest BCUT2D eigenvalue weighted by molar-refractivity contribution is 0.00537. The molecule has 0 heterocycles. The molecule has 0 aromatic rings. The van der Waals surface area contributed by atoms with Crippen molar-refractivity contribution in [2.75, 3.05) is 6.61 Å². The van der Waals surface area contributed by atoms with Gasteiger partial charge in [0.1, 0.15) is 0 Å². The van der Waals surface area contributed by atoms with Gasteiger partial charge in [-0.2, -0.15) is 0 Å². The van der Waals surface area contributed by atoms with E-state index in [0.717, 1.165) is 12.5 Å². The van der Waals surface area contributed by atoms with E-state index in [2.05, 4.69) is 13.8 Å². The van der Waals surface area contributed by atoms with Crippen LogP contribution in [0.1, 0.15) is 33.1 Å². The molecule has 0 aromatic heterocycles. The van der Waals surface area contributed by atoms with Gasteiger partial charge in [0.05, 0.1) is 6.10 Å². The fourth-order valence-corrected chi connectivity index (χ4v) is 1.31. The zero-order valence-corrected chi connectivity index (χ0v) is 6.39. The smallest absolute Gasteiger partial charge is 0.0575 e. The first-order valence-electron chi connectivity index (χ1n) is 3.96. The van der Waals surface area contributed by atoms with Gasteiger partial charge >= 0.3 is 0 Å². The van der Waals surface area contributed by atoms with E-state index < -0.39 is 0 Å². The highest BCUT2D eigenvalue weighted by molar-refractivity contribution is 4.74. The molecular formula is C8H16O. The average molecular weight is 128 g/mol. The van der Waals surface area contributed by atoms with Crippen molar-refractivity contribution < 1.29 is 4.74 Å². The molecule has 0 saturated heterocycles. The van der Waals surface area contributed by atoms with E-state index in [9.17, 15) is 0 Å². The fourth-order valence-electron chi connectivity index (χ4n) is 1.31. The molecule has 1 rings (SSSR count). The van der Waals surface area contributed by atoms with E-state index in [1.165, 1.54) is 19.3 Å². The Morgan fingerprint density at radius 2 is 2.22 bits per heavy atom. The van der Waals surface area contributed by atoms with E-state index in [-0.39, 0.29) is 0 Å². The molecule has 0 unspecified atom stereocenters. The summed E-state index contributed by atoms with van der Waals surface area (Å²) in [4.78, 5) is 0. The van der Waals surface area contributed by atoms with Crippen LogP contribution in [0.4, 0.5) is 0 Å². The second-order valence-electron chi connectivity index (χ2n) is 2.85. The third kappa shape index (κ3) is 1.68. The van der Waals surface area contributed by atoms with Crippen LogP contribution < -0.4 is 0 Å². The fraction of sp³-hybridized carbons (Fsp3) is 1.00. The highest BCUT2D eigenvalue weighted by atomic mass is 16.5. The van der Waals surface area contributed by atoms with Crippen LogP contribution in [0.3, 0.4) is 0 Å². The van der Waals surface area contributed by atoms with E-state index in [4.69, 9.17) is 4.74 Å². The molecule has 1 atom stereocenters. The Morgan fingerprint density at radius 3 is 2.56 bits per heavy atom. The second-order valence-corrected chi connectivity index (χ2v) is 2.85. The molecule has 9 heavy (non-hydrogen) atoms. The minimum Gasteiger partial charge on any atom is -0.379 e. The van der Waals surface area contributed by atoms with E-state index in [0.29, 0.717) is 6.10 Å². The van der Waals surface area contributed by atoms with Crippen LogP contribution in [0.2, 0.25) is 0 Å². The number of ether oxygens (including phenoxy) is 1. The second kappa shape index (κ2) is 3.21. The van der Waals surface area contributed by atoms with Gasteiger partial charge in [-0.05, 0) is 32.6 Å². The van der Waals surface area contributed by atoms with Crippen LogP contribution in [-0.2, 0) is 4.74 Å². The Hall–Kier alpha value is -0.0400. The molecule has 0 N–H and O–H groups in total. The highest BCUT2D eigenvalue weighted by Gasteiger charge is 2.23. The molecule has 0 spiro atoms. The number of hydrogen-bond acceptors (Lipinski definition) is 1. The molecule has 0 aromatic carbocycles. The Labute approximate surface area is 57.4 Å². The van der Waals surface area contributed by atoms with Crippen molar-refractivity contribution in [3.63, 3.8) is 0 Å². The molecule has 0 aliphatic heterocycles. The first kappa shape index (κ1) is 7.07. The quantitative estimate of drug-likeness (QED) is 0.566. The standard InChI is InChI=1S/C8H16O/c1-3-9-7(2)8-5-4-6-8/h7-8H,3-6H2,1-2H3/t7-/m0/s1. The lowest BCUT2D eigenvalue weighted by Crippen LogP contribution is -2.26. The zero-order valence-electron chi connectivity index (χ0n) is 6.39. The summed E-state index contributed by atoms with van der Waals surface area (Å²) >= 11 is 0. The third-order valence-corrected chi connectivity index (χ3v) is 2.24. The molecule has 1 fully saturated rings. The normalized spacial score (nSPS) is 23.3. The summed E-state index contributed by atoms with van der Waals surface area (Å²) in [7, 11) is 0. The summed E-state index contributed by atoms with van der Waals surface area (Å²) in [6.45, 7) is 5.13. The summed E-state index contributed by atoms with van der Waals surface area (Å²) < 4.78 is 5.45. The molecule has 1 saturated carbocycles. The minimum absolute atomic E-state index is 0.517. The van der Waals surface area contributed by atoms with Crippen molar-refractivity contribution in [2.45, 2.75) is 39.2 Å². The molecule has 1 nitrogen and oxygen atoms in total. The van der Waals surface area contributed by atoms with Crippen LogP contribution in [0.25, 0.3) is 0 Å². The lowest BCUT2D eigenvalue weighted by Gasteiger charge is -2.30. The van der Waals surface area contributed by atoms with Gasteiger partial charge in [-0.15, -0.1) is 0 Å². The van der Waals surface area contributed by atoms with E-state index in [1.807, 2.05) is 0 Å². The van der Waals surface area contributed by atoms with Crippen molar-refractivity contribution in [1.82, 2.24) is 0 Å². The van der Waals surface area contributed by atoms with Crippen molar-refractivity contribution >= 4 is 0 Å². The maximum atomic E-state index is 5.45. The maximum Gasteiger partial charge on any atom is 0.0575 e. The predicted octanol–water partition coefficient (Wildman–Crippen LogP) is 2.21. The van der Waals surface area contributed by atoms with Crippen LogP contribution >= 0.6 is 0 Å². The van der Waals surface area contributed by atoms with Gasteiger partial charge in [0.15, 0.2) is 0 Å². The van der Waals surface area contributed by atoms with E-state index in [1.54, 1.807) is 0 Å². The van der Waals surface area contributed by atoms with Gasteiger partial charge in [-0.3, -0.25) is 0 Å². The summed E-state index contributed by atoms with van der Waals surface area (Å²) in [5.74, 6) is 0.880. The predicted molar refractivity (Wildman–Crippen MR) is 38.4 cm³/mol. The number of hydrogen-bond donors (Lipinski definition) is 0. The largest absolute Gasteiger partial charge is 0.379 e. The molecular weight excluding hydrogens is 112 g/mol. The van der Waals surface area contributed by atoms with Gasteiger partial charge in [-0.25, -0.2) is 0 Å². The first-order chi connectivity index (χ1) is 4.34. The molecule has 1 heteroatoms. The van der Waals surface area contributed by atoms with Crippen LogP contribution in [-0.4, -0.2) is 12.7 Å². The van der Waals surface area contributed by atoms with Crippen molar-refractivity contribution in [2.24, 2.45) is 5.92 Å². The summed E-state index contributed by atoms with van der Waals surface area (Å²) in [5.41, 5.74) is 0. The topological polar surface area (TPSA) is 9.23 Å². The first-order valence-corrected chi connectivity index (χ1v) is 3.96.